The third-order valence-corrected chi connectivity index (χ3v) is 3.99. The molecule has 6 heteroatoms. The number of hydrogen-bond acceptors (Lipinski definition) is 4. The summed E-state index contributed by atoms with van der Waals surface area (Å²) in [5, 5.41) is 6.75. The Morgan fingerprint density at radius 1 is 1.12 bits per heavy atom. The molecule has 5 nitrogen and oxygen atoms in total. The highest BCUT2D eigenvalue weighted by Gasteiger charge is 2.07. The predicted octanol–water partition coefficient (Wildman–Crippen LogP) is 4.61. The lowest BCUT2D eigenvalue weighted by atomic mass is 10.2. The molecule has 132 valence electrons. The highest BCUT2D eigenvalue weighted by atomic mass is 35.5. The van der Waals surface area contributed by atoms with E-state index in [4.69, 9.17) is 16.3 Å². The van der Waals surface area contributed by atoms with Crippen molar-refractivity contribution in [2.24, 2.45) is 0 Å². The molecule has 0 aliphatic rings. The Bertz CT molecular complexity index is 880. The minimum atomic E-state index is -0.215. The van der Waals surface area contributed by atoms with Crippen molar-refractivity contribution in [2.45, 2.75) is 6.54 Å². The lowest BCUT2D eigenvalue weighted by Gasteiger charge is -2.09. The van der Waals surface area contributed by atoms with E-state index in [9.17, 15) is 4.79 Å². The van der Waals surface area contributed by atoms with Crippen LogP contribution in [0.25, 0.3) is 0 Å². The third-order valence-electron chi connectivity index (χ3n) is 3.74. The van der Waals surface area contributed by atoms with Crippen LogP contribution >= 0.6 is 11.6 Å². The molecule has 0 unspecified atom stereocenters. The normalized spacial score (nSPS) is 10.2. The molecule has 0 bridgehead atoms. The van der Waals surface area contributed by atoms with Gasteiger partial charge in [-0.15, -0.1) is 0 Å². The van der Waals surface area contributed by atoms with E-state index in [2.05, 4.69) is 15.6 Å². The van der Waals surface area contributed by atoms with Crippen molar-refractivity contribution in [3.05, 3.63) is 83.0 Å². The van der Waals surface area contributed by atoms with Crippen LogP contribution in [0.1, 0.15) is 15.9 Å². The second kappa shape index (κ2) is 8.36. The number of halogens is 1. The SMILES string of the molecule is COc1cccc(C(=O)Nc2ccc(NCc3ccc(Cl)cc3)nc2)c1. The van der Waals surface area contributed by atoms with Gasteiger partial charge in [0.15, 0.2) is 0 Å². The fourth-order valence-electron chi connectivity index (χ4n) is 2.33. The number of hydrogen-bond donors (Lipinski definition) is 2. The van der Waals surface area contributed by atoms with E-state index in [1.807, 2.05) is 30.3 Å². The molecule has 0 aliphatic heterocycles. The molecular weight excluding hydrogens is 350 g/mol. The van der Waals surface area contributed by atoms with Crippen molar-refractivity contribution < 1.29 is 9.53 Å². The van der Waals surface area contributed by atoms with Crippen molar-refractivity contribution in [3.63, 3.8) is 0 Å². The molecule has 0 aliphatic carbocycles. The number of benzene rings is 2. The Morgan fingerprint density at radius 3 is 2.62 bits per heavy atom. The summed E-state index contributed by atoms with van der Waals surface area (Å²) in [6.45, 7) is 0.639. The van der Waals surface area contributed by atoms with Gasteiger partial charge < -0.3 is 15.4 Å². The average molecular weight is 368 g/mol. The lowest BCUT2D eigenvalue weighted by Crippen LogP contribution is -2.12. The zero-order valence-corrected chi connectivity index (χ0v) is 15.0. The van der Waals surface area contributed by atoms with Crippen molar-refractivity contribution in [1.82, 2.24) is 4.98 Å². The van der Waals surface area contributed by atoms with Crippen LogP contribution in [0.3, 0.4) is 0 Å². The van der Waals surface area contributed by atoms with Crippen molar-refractivity contribution >= 4 is 29.0 Å². The minimum Gasteiger partial charge on any atom is -0.497 e. The van der Waals surface area contributed by atoms with Gasteiger partial charge in [0.25, 0.3) is 5.91 Å². The fraction of sp³-hybridized carbons (Fsp3) is 0.100. The molecule has 1 aromatic heterocycles. The molecule has 0 fully saturated rings. The maximum atomic E-state index is 12.3. The first-order valence-corrected chi connectivity index (χ1v) is 8.41. The maximum Gasteiger partial charge on any atom is 0.255 e. The summed E-state index contributed by atoms with van der Waals surface area (Å²) in [7, 11) is 1.57. The van der Waals surface area contributed by atoms with Crippen LogP contribution in [-0.2, 0) is 6.54 Å². The van der Waals surface area contributed by atoms with Gasteiger partial charge in [-0.05, 0) is 48.0 Å². The van der Waals surface area contributed by atoms with Crippen LogP contribution in [0.2, 0.25) is 5.02 Å². The van der Waals surface area contributed by atoms with Gasteiger partial charge in [-0.1, -0.05) is 29.8 Å². The maximum absolute atomic E-state index is 12.3. The average Bonchev–Trinajstić information content (AvgIpc) is 2.68. The number of nitrogens with zero attached hydrogens (tertiary/aromatic N) is 1. The number of carbonyl (C=O) groups is 1. The van der Waals surface area contributed by atoms with Crippen molar-refractivity contribution in [1.29, 1.82) is 0 Å². The van der Waals surface area contributed by atoms with Crippen molar-refractivity contribution in [3.8, 4) is 5.75 Å². The van der Waals surface area contributed by atoms with Crippen molar-refractivity contribution in [2.75, 3.05) is 17.7 Å². The fourth-order valence-corrected chi connectivity index (χ4v) is 2.46. The topological polar surface area (TPSA) is 63.2 Å². The largest absolute Gasteiger partial charge is 0.497 e. The van der Waals surface area contributed by atoms with E-state index >= 15 is 0 Å². The number of methoxy groups -OCH3 is 1. The Kier molecular flexibility index (Phi) is 5.71. The molecule has 26 heavy (non-hydrogen) atoms. The second-order valence-corrected chi connectivity index (χ2v) is 6.03. The summed E-state index contributed by atoms with van der Waals surface area (Å²) < 4.78 is 5.13. The Labute approximate surface area is 157 Å². The van der Waals surface area contributed by atoms with Crippen LogP contribution in [0.4, 0.5) is 11.5 Å². The summed E-state index contributed by atoms with van der Waals surface area (Å²) in [6, 6.07) is 18.2. The van der Waals surface area contributed by atoms with Gasteiger partial charge in [0.2, 0.25) is 0 Å². The number of ether oxygens (including phenoxy) is 1. The molecule has 3 aromatic rings. The van der Waals surface area contributed by atoms with E-state index in [1.54, 1.807) is 43.6 Å². The number of pyridine rings is 1. The van der Waals surface area contributed by atoms with E-state index in [-0.39, 0.29) is 5.91 Å². The lowest BCUT2D eigenvalue weighted by molar-refractivity contribution is 0.102. The smallest absolute Gasteiger partial charge is 0.255 e. The van der Waals surface area contributed by atoms with Gasteiger partial charge in [0.05, 0.1) is 19.0 Å². The van der Waals surface area contributed by atoms with Gasteiger partial charge in [0, 0.05) is 17.1 Å². The quantitative estimate of drug-likeness (QED) is 0.668. The van der Waals surface area contributed by atoms with Gasteiger partial charge >= 0.3 is 0 Å². The molecule has 1 amide bonds. The number of aromatic nitrogens is 1. The molecule has 0 saturated heterocycles. The number of rotatable bonds is 6. The molecule has 0 spiro atoms. The van der Waals surface area contributed by atoms with E-state index < -0.39 is 0 Å². The monoisotopic (exact) mass is 367 g/mol. The molecule has 2 aromatic carbocycles. The van der Waals surface area contributed by atoms with Gasteiger partial charge in [-0.3, -0.25) is 4.79 Å². The van der Waals surface area contributed by atoms with Crippen LogP contribution in [0, 0.1) is 0 Å². The highest BCUT2D eigenvalue weighted by Crippen LogP contribution is 2.16. The number of amides is 1. The molecule has 3 rings (SSSR count). The van der Waals surface area contributed by atoms with Gasteiger partial charge in [-0.25, -0.2) is 4.98 Å². The van der Waals surface area contributed by atoms with Gasteiger partial charge in [0.1, 0.15) is 11.6 Å². The third kappa shape index (κ3) is 4.74. The van der Waals surface area contributed by atoms with Crippen LogP contribution in [0.15, 0.2) is 66.9 Å². The first kappa shape index (κ1) is 17.8. The molecular formula is C20H18ClN3O2. The summed E-state index contributed by atoms with van der Waals surface area (Å²) >= 11 is 5.87. The number of carbonyl (C=O) groups excluding carboxylic acids is 1. The molecule has 0 saturated carbocycles. The van der Waals surface area contributed by atoms with E-state index in [0.717, 1.165) is 11.4 Å². The summed E-state index contributed by atoms with van der Waals surface area (Å²) in [4.78, 5) is 16.6. The summed E-state index contributed by atoms with van der Waals surface area (Å²) in [6.07, 6.45) is 1.61. The standard InChI is InChI=1S/C20H18ClN3O2/c1-26-18-4-2-3-15(11-18)20(25)24-17-9-10-19(23-13-17)22-12-14-5-7-16(21)8-6-14/h2-11,13H,12H2,1H3,(H,22,23)(H,24,25). The summed E-state index contributed by atoms with van der Waals surface area (Å²) in [5.74, 6) is 1.14. The van der Waals surface area contributed by atoms with Crippen LogP contribution in [-0.4, -0.2) is 18.0 Å². The molecule has 0 radical (unpaired) electrons. The first-order valence-electron chi connectivity index (χ1n) is 8.04. The first-order chi connectivity index (χ1) is 12.6. The zero-order chi connectivity index (χ0) is 18.4. The van der Waals surface area contributed by atoms with Crippen LogP contribution in [0.5, 0.6) is 5.75 Å². The zero-order valence-electron chi connectivity index (χ0n) is 14.2. The number of nitrogens with one attached hydrogen (secondary N) is 2. The number of anilines is 2. The van der Waals surface area contributed by atoms with Gasteiger partial charge in [-0.2, -0.15) is 0 Å². The molecule has 0 atom stereocenters. The summed E-state index contributed by atoms with van der Waals surface area (Å²) in [5.41, 5.74) is 2.25. The minimum absolute atomic E-state index is 0.215. The Hall–Kier alpha value is -3.05. The Balaban J connectivity index is 1.58. The molecule has 2 N–H and O–H groups in total. The second-order valence-electron chi connectivity index (χ2n) is 5.60. The Morgan fingerprint density at radius 2 is 1.92 bits per heavy atom. The van der Waals surface area contributed by atoms with E-state index in [1.165, 1.54) is 0 Å². The molecule has 1 heterocycles. The predicted molar refractivity (Wildman–Crippen MR) is 104 cm³/mol. The van der Waals surface area contributed by atoms with E-state index in [0.29, 0.717) is 28.6 Å². The van der Waals surface area contributed by atoms with Crippen LogP contribution < -0.4 is 15.4 Å². The highest BCUT2D eigenvalue weighted by molar-refractivity contribution is 6.30.